The fourth-order valence-electron chi connectivity index (χ4n) is 3.25. The quantitative estimate of drug-likeness (QED) is 0.881. The number of aliphatic hydroxyl groups excluding tert-OH is 1. The molecule has 2 aliphatic rings. The molecule has 0 aromatic carbocycles. The maximum Gasteiger partial charge on any atom is 0.262 e. The van der Waals surface area contributed by atoms with Gasteiger partial charge in [-0.25, -0.2) is 13.4 Å². The second-order valence-electron chi connectivity index (χ2n) is 5.39. The van der Waals surface area contributed by atoms with Crippen molar-refractivity contribution in [3.05, 3.63) is 12.5 Å². The monoisotopic (exact) mass is 285 g/mol. The van der Waals surface area contributed by atoms with E-state index in [1.54, 1.807) is 21.4 Å². The number of aromatic nitrogens is 2. The van der Waals surface area contributed by atoms with Gasteiger partial charge in [0, 0.05) is 24.8 Å². The van der Waals surface area contributed by atoms with Crippen LogP contribution in [0.5, 0.6) is 0 Å². The van der Waals surface area contributed by atoms with Crippen LogP contribution in [0.3, 0.4) is 0 Å². The molecule has 1 aromatic rings. The maximum atomic E-state index is 12.7. The van der Waals surface area contributed by atoms with Gasteiger partial charge in [-0.2, -0.15) is 4.31 Å². The van der Waals surface area contributed by atoms with Crippen LogP contribution < -0.4 is 0 Å². The zero-order valence-electron chi connectivity index (χ0n) is 10.9. The number of nitrogens with zero attached hydrogens (tertiary/aromatic N) is 3. The van der Waals surface area contributed by atoms with E-state index in [2.05, 4.69) is 4.98 Å². The first-order valence-electron chi connectivity index (χ1n) is 6.75. The topological polar surface area (TPSA) is 75.4 Å². The van der Waals surface area contributed by atoms with E-state index in [0.717, 1.165) is 12.8 Å². The Kier molecular flexibility index (Phi) is 3.15. The molecule has 3 heterocycles. The van der Waals surface area contributed by atoms with Gasteiger partial charge in [0.15, 0.2) is 5.03 Å². The summed E-state index contributed by atoms with van der Waals surface area (Å²) in [6.45, 7) is 2.65. The lowest BCUT2D eigenvalue weighted by Gasteiger charge is -2.35. The number of hydrogen-bond acceptors (Lipinski definition) is 4. The van der Waals surface area contributed by atoms with Gasteiger partial charge in [0.25, 0.3) is 10.0 Å². The Bertz CT molecular complexity index is 555. The van der Waals surface area contributed by atoms with Crippen molar-refractivity contribution in [1.82, 2.24) is 13.9 Å². The van der Waals surface area contributed by atoms with Crippen LogP contribution in [0, 0.1) is 0 Å². The van der Waals surface area contributed by atoms with E-state index in [4.69, 9.17) is 0 Å². The first-order valence-corrected chi connectivity index (χ1v) is 8.19. The van der Waals surface area contributed by atoms with Gasteiger partial charge < -0.3 is 9.67 Å². The molecule has 3 rings (SSSR count). The summed E-state index contributed by atoms with van der Waals surface area (Å²) in [5.41, 5.74) is 0. The van der Waals surface area contributed by atoms with Crippen LogP contribution in [-0.2, 0) is 16.6 Å². The van der Waals surface area contributed by atoms with E-state index in [9.17, 15) is 13.5 Å². The summed E-state index contributed by atoms with van der Waals surface area (Å²) in [5.74, 6) is 0. The molecule has 0 amide bonds. The standard InChI is InChI=1S/C12H19N3O3S/c1-2-14-7-12(13-8-14)19(17,18)15-9-3-4-10(15)6-11(16)5-9/h7-11,16H,2-6H2,1H3. The smallest absolute Gasteiger partial charge is 0.262 e. The number of piperidine rings is 1. The molecule has 2 bridgehead atoms. The van der Waals surface area contributed by atoms with Crippen LogP contribution in [0.1, 0.15) is 32.6 Å². The minimum atomic E-state index is -3.52. The number of fused-ring (bicyclic) bond motifs is 2. The van der Waals surface area contributed by atoms with Crippen molar-refractivity contribution in [2.45, 2.75) is 62.4 Å². The van der Waals surface area contributed by atoms with Gasteiger partial charge >= 0.3 is 0 Å². The lowest BCUT2D eigenvalue weighted by atomic mass is 10.0. The summed E-state index contributed by atoms with van der Waals surface area (Å²) >= 11 is 0. The molecule has 2 saturated heterocycles. The highest BCUT2D eigenvalue weighted by Gasteiger charge is 2.47. The molecule has 1 aromatic heterocycles. The SMILES string of the molecule is CCn1cnc(S(=O)(=O)N2C3CCC2CC(O)C3)c1. The average Bonchev–Trinajstić information content (AvgIpc) is 2.93. The van der Waals surface area contributed by atoms with Crippen LogP contribution >= 0.6 is 0 Å². The number of aliphatic hydroxyl groups is 1. The van der Waals surface area contributed by atoms with Crippen LogP contribution in [0.4, 0.5) is 0 Å². The van der Waals surface area contributed by atoms with Crippen molar-refractivity contribution >= 4 is 10.0 Å². The Labute approximate surface area is 113 Å². The Morgan fingerprint density at radius 1 is 1.37 bits per heavy atom. The molecule has 7 heteroatoms. The number of rotatable bonds is 3. The first kappa shape index (κ1) is 13.1. The highest BCUT2D eigenvalue weighted by Crippen LogP contribution is 2.39. The minimum Gasteiger partial charge on any atom is -0.393 e. The number of imidazole rings is 1. The van der Waals surface area contributed by atoms with Crippen molar-refractivity contribution in [2.24, 2.45) is 0 Å². The Morgan fingerprint density at radius 2 is 2.00 bits per heavy atom. The fraction of sp³-hybridized carbons (Fsp3) is 0.750. The minimum absolute atomic E-state index is 0.0643. The summed E-state index contributed by atoms with van der Waals surface area (Å²) in [6, 6.07) is -0.129. The van der Waals surface area contributed by atoms with Crippen molar-refractivity contribution < 1.29 is 13.5 Å². The van der Waals surface area contributed by atoms with E-state index < -0.39 is 10.0 Å². The van der Waals surface area contributed by atoms with E-state index in [0.29, 0.717) is 19.4 Å². The zero-order chi connectivity index (χ0) is 13.6. The molecule has 2 unspecified atom stereocenters. The largest absolute Gasteiger partial charge is 0.393 e. The summed E-state index contributed by atoms with van der Waals surface area (Å²) in [4.78, 5) is 4.02. The predicted molar refractivity (Wildman–Crippen MR) is 69.0 cm³/mol. The molecular formula is C12H19N3O3S. The van der Waals surface area contributed by atoms with Crippen molar-refractivity contribution in [1.29, 1.82) is 0 Å². The van der Waals surface area contributed by atoms with Crippen molar-refractivity contribution in [3.8, 4) is 0 Å². The lowest BCUT2D eigenvalue weighted by Crippen LogP contribution is -2.47. The molecule has 0 spiro atoms. The molecule has 2 atom stereocenters. The Hall–Kier alpha value is -0.920. The van der Waals surface area contributed by atoms with Crippen LogP contribution in [0.25, 0.3) is 0 Å². The molecule has 19 heavy (non-hydrogen) atoms. The van der Waals surface area contributed by atoms with Gasteiger partial charge in [0.05, 0.1) is 12.4 Å². The predicted octanol–water partition coefficient (Wildman–Crippen LogP) is 0.579. The molecular weight excluding hydrogens is 266 g/mol. The van der Waals surface area contributed by atoms with Crippen LogP contribution in [0.15, 0.2) is 17.6 Å². The lowest BCUT2D eigenvalue weighted by molar-refractivity contribution is 0.0767. The molecule has 0 aliphatic carbocycles. The molecule has 2 fully saturated rings. The third-order valence-electron chi connectivity index (χ3n) is 4.16. The highest BCUT2D eigenvalue weighted by atomic mass is 32.2. The molecule has 6 nitrogen and oxygen atoms in total. The number of sulfonamides is 1. The molecule has 0 radical (unpaired) electrons. The maximum absolute atomic E-state index is 12.7. The van der Waals surface area contributed by atoms with E-state index in [1.165, 1.54) is 0 Å². The third kappa shape index (κ3) is 2.09. The second kappa shape index (κ2) is 4.57. The Morgan fingerprint density at radius 3 is 2.53 bits per heavy atom. The highest BCUT2D eigenvalue weighted by molar-refractivity contribution is 7.89. The van der Waals surface area contributed by atoms with Gasteiger partial charge in [-0.1, -0.05) is 0 Å². The summed E-state index contributed by atoms with van der Waals surface area (Å²) < 4.78 is 28.6. The van der Waals surface area contributed by atoms with Crippen LogP contribution in [0.2, 0.25) is 0 Å². The van der Waals surface area contributed by atoms with Crippen molar-refractivity contribution in [3.63, 3.8) is 0 Å². The normalized spacial score (nSPS) is 31.8. The molecule has 2 aliphatic heterocycles. The summed E-state index contributed by atoms with van der Waals surface area (Å²) in [5, 5.41) is 9.87. The van der Waals surface area contributed by atoms with Gasteiger partial charge in [-0.05, 0) is 32.6 Å². The second-order valence-corrected chi connectivity index (χ2v) is 7.18. The van der Waals surface area contributed by atoms with Crippen molar-refractivity contribution in [2.75, 3.05) is 0 Å². The van der Waals surface area contributed by atoms with E-state index in [1.807, 2.05) is 6.92 Å². The first-order chi connectivity index (χ1) is 9.02. The molecule has 1 N–H and O–H groups in total. The summed E-state index contributed by atoms with van der Waals surface area (Å²) in [6.07, 6.45) is 5.55. The van der Waals surface area contributed by atoms with Gasteiger partial charge in [-0.15, -0.1) is 0 Å². The van der Waals surface area contributed by atoms with E-state index >= 15 is 0 Å². The van der Waals surface area contributed by atoms with Gasteiger partial charge in [-0.3, -0.25) is 0 Å². The Balaban J connectivity index is 1.93. The molecule has 106 valence electrons. The third-order valence-corrected chi connectivity index (χ3v) is 6.05. The van der Waals surface area contributed by atoms with Gasteiger partial charge in [0.2, 0.25) is 0 Å². The van der Waals surface area contributed by atoms with Crippen LogP contribution in [-0.4, -0.2) is 45.6 Å². The summed E-state index contributed by atoms with van der Waals surface area (Å²) in [7, 11) is -3.52. The number of aryl methyl sites for hydroxylation is 1. The zero-order valence-corrected chi connectivity index (χ0v) is 11.8. The van der Waals surface area contributed by atoms with E-state index in [-0.39, 0.29) is 23.2 Å². The average molecular weight is 285 g/mol. The fourth-order valence-corrected chi connectivity index (χ4v) is 5.08. The van der Waals surface area contributed by atoms with Gasteiger partial charge in [0.1, 0.15) is 0 Å². The number of hydrogen-bond donors (Lipinski definition) is 1. The molecule has 0 saturated carbocycles.